The average molecular weight is 225 g/mol. The SMILES string of the molecule is O=[N+]([O-])c1ccc(OC(F)F)nc1Cl. The molecule has 0 aliphatic carbocycles. The zero-order valence-corrected chi connectivity index (χ0v) is 7.24. The predicted octanol–water partition coefficient (Wildman–Crippen LogP) is 2.24. The molecule has 0 unspecified atom stereocenters. The molecule has 8 heteroatoms. The van der Waals surface area contributed by atoms with Crippen LogP contribution in [-0.2, 0) is 0 Å². The molecule has 0 aliphatic rings. The smallest absolute Gasteiger partial charge is 0.388 e. The molecule has 5 nitrogen and oxygen atoms in total. The standard InChI is InChI=1S/C6H3ClF2N2O3/c7-5-3(11(12)13)1-2-4(10-5)14-6(8)9/h1-2,6H. The third-order valence-corrected chi connectivity index (χ3v) is 1.49. The maximum Gasteiger partial charge on any atom is 0.388 e. The van der Waals surface area contributed by atoms with Crippen LogP contribution in [-0.4, -0.2) is 16.5 Å². The van der Waals surface area contributed by atoms with E-state index < -0.39 is 28.3 Å². The van der Waals surface area contributed by atoms with Crippen LogP contribution in [0.5, 0.6) is 5.88 Å². The monoisotopic (exact) mass is 224 g/mol. The highest BCUT2D eigenvalue weighted by atomic mass is 35.5. The van der Waals surface area contributed by atoms with Crippen LogP contribution in [0.15, 0.2) is 12.1 Å². The quantitative estimate of drug-likeness (QED) is 0.449. The summed E-state index contributed by atoms with van der Waals surface area (Å²) < 4.78 is 27.2. The minimum atomic E-state index is -3.04. The van der Waals surface area contributed by atoms with E-state index in [4.69, 9.17) is 11.6 Å². The van der Waals surface area contributed by atoms with Gasteiger partial charge in [-0.15, -0.1) is 0 Å². The Hall–Kier alpha value is -1.50. The Bertz CT molecular complexity index is 361. The van der Waals surface area contributed by atoms with Crippen LogP contribution in [0.3, 0.4) is 0 Å². The summed E-state index contributed by atoms with van der Waals surface area (Å²) in [5, 5.41) is 9.75. The second-order valence-corrected chi connectivity index (χ2v) is 2.45. The molecule has 1 heterocycles. The summed E-state index contributed by atoms with van der Waals surface area (Å²) in [7, 11) is 0. The van der Waals surface area contributed by atoms with Crippen molar-refractivity contribution in [1.29, 1.82) is 0 Å². The summed E-state index contributed by atoms with van der Waals surface area (Å²) in [5.41, 5.74) is -0.465. The lowest BCUT2D eigenvalue weighted by atomic mass is 10.4. The highest BCUT2D eigenvalue weighted by molar-refractivity contribution is 6.31. The van der Waals surface area contributed by atoms with Crippen molar-refractivity contribution in [3.8, 4) is 5.88 Å². The van der Waals surface area contributed by atoms with E-state index in [0.717, 1.165) is 12.1 Å². The topological polar surface area (TPSA) is 65.3 Å². The van der Waals surface area contributed by atoms with Gasteiger partial charge in [-0.1, -0.05) is 11.6 Å². The van der Waals surface area contributed by atoms with Crippen LogP contribution in [0.25, 0.3) is 0 Å². The number of alkyl halides is 2. The Labute approximate surface area is 81.4 Å². The van der Waals surface area contributed by atoms with Gasteiger partial charge in [-0.3, -0.25) is 10.1 Å². The van der Waals surface area contributed by atoms with E-state index in [2.05, 4.69) is 9.72 Å². The van der Waals surface area contributed by atoms with E-state index in [9.17, 15) is 18.9 Å². The molecule has 0 saturated carbocycles. The van der Waals surface area contributed by atoms with Crippen molar-refractivity contribution in [3.05, 3.63) is 27.4 Å². The highest BCUT2D eigenvalue weighted by Gasteiger charge is 2.15. The molecule has 14 heavy (non-hydrogen) atoms. The molecule has 0 atom stereocenters. The zero-order valence-electron chi connectivity index (χ0n) is 6.49. The molecule has 0 radical (unpaired) electrons. The first-order chi connectivity index (χ1) is 6.50. The van der Waals surface area contributed by atoms with Gasteiger partial charge in [0.15, 0.2) is 0 Å². The van der Waals surface area contributed by atoms with Crippen molar-refractivity contribution in [2.75, 3.05) is 0 Å². The van der Waals surface area contributed by atoms with Crippen molar-refractivity contribution in [2.24, 2.45) is 0 Å². The summed E-state index contributed by atoms with van der Waals surface area (Å²) in [6.07, 6.45) is 0. The van der Waals surface area contributed by atoms with Crippen molar-refractivity contribution in [1.82, 2.24) is 4.98 Å². The molecule has 0 aliphatic heterocycles. The first-order valence-electron chi connectivity index (χ1n) is 3.26. The van der Waals surface area contributed by atoms with Gasteiger partial charge in [-0.2, -0.15) is 13.8 Å². The third-order valence-electron chi connectivity index (χ3n) is 1.21. The fourth-order valence-corrected chi connectivity index (χ4v) is 0.919. The van der Waals surface area contributed by atoms with E-state index >= 15 is 0 Å². The molecule has 76 valence electrons. The van der Waals surface area contributed by atoms with E-state index in [1.54, 1.807) is 0 Å². The Kier molecular flexibility index (Phi) is 3.13. The van der Waals surface area contributed by atoms with Gasteiger partial charge in [-0.25, -0.2) is 0 Å². The first kappa shape index (κ1) is 10.6. The van der Waals surface area contributed by atoms with E-state index in [1.165, 1.54) is 0 Å². The second kappa shape index (κ2) is 4.14. The largest absolute Gasteiger partial charge is 0.417 e. The van der Waals surface area contributed by atoms with E-state index in [1.807, 2.05) is 0 Å². The molecule has 0 bridgehead atoms. The molecular weight excluding hydrogens is 222 g/mol. The van der Waals surface area contributed by atoms with Crippen LogP contribution < -0.4 is 4.74 Å². The van der Waals surface area contributed by atoms with Crippen LogP contribution in [0.2, 0.25) is 5.15 Å². The van der Waals surface area contributed by atoms with Gasteiger partial charge in [0.1, 0.15) is 0 Å². The number of pyridine rings is 1. The number of rotatable bonds is 3. The van der Waals surface area contributed by atoms with Gasteiger partial charge in [-0.05, 0) is 0 Å². The fraction of sp³-hybridized carbons (Fsp3) is 0.167. The van der Waals surface area contributed by atoms with Crippen molar-refractivity contribution in [3.63, 3.8) is 0 Å². The number of aromatic nitrogens is 1. The lowest BCUT2D eigenvalue weighted by molar-refractivity contribution is -0.385. The molecule has 0 amide bonds. The van der Waals surface area contributed by atoms with Crippen molar-refractivity contribution >= 4 is 17.3 Å². The van der Waals surface area contributed by atoms with Gasteiger partial charge in [0, 0.05) is 12.1 Å². The number of halogens is 3. The fourth-order valence-electron chi connectivity index (χ4n) is 0.703. The van der Waals surface area contributed by atoms with Crippen LogP contribution >= 0.6 is 11.6 Å². The maximum absolute atomic E-state index is 11.7. The van der Waals surface area contributed by atoms with Gasteiger partial charge in [0.25, 0.3) is 0 Å². The molecule has 1 aromatic heterocycles. The first-order valence-corrected chi connectivity index (χ1v) is 3.64. The Morgan fingerprint density at radius 1 is 1.57 bits per heavy atom. The highest BCUT2D eigenvalue weighted by Crippen LogP contribution is 2.24. The summed E-state index contributed by atoms with van der Waals surface area (Å²) in [6.45, 7) is -3.04. The Morgan fingerprint density at radius 3 is 2.64 bits per heavy atom. The van der Waals surface area contributed by atoms with Gasteiger partial charge < -0.3 is 4.74 Å². The second-order valence-electron chi connectivity index (χ2n) is 2.10. The minimum absolute atomic E-state index is 0.462. The summed E-state index contributed by atoms with van der Waals surface area (Å²) in [6, 6.07) is 1.88. The number of hydrogen-bond donors (Lipinski definition) is 0. The Morgan fingerprint density at radius 2 is 2.21 bits per heavy atom. The van der Waals surface area contributed by atoms with Crippen molar-refractivity contribution in [2.45, 2.75) is 6.61 Å². The van der Waals surface area contributed by atoms with Gasteiger partial charge in [0.2, 0.25) is 11.0 Å². The molecular formula is C6H3ClF2N2O3. The summed E-state index contributed by atoms with van der Waals surface area (Å²) in [4.78, 5) is 12.7. The molecule has 1 aromatic rings. The molecule has 0 aromatic carbocycles. The molecule has 1 rings (SSSR count). The lowest BCUT2D eigenvalue weighted by Gasteiger charge is -2.02. The normalized spacial score (nSPS) is 10.3. The van der Waals surface area contributed by atoms with E-state index in [-0.39, 0.29) is 0 Å². The average Bonchev–Trinajstić information content (AvgIpc) is 2.01. The van der Waals surface area contributed by atoms with Gasteiger partial charge in [0.05, 0.1) is 4.92 Å². The Balaban J connectivity index is 2.94. The third kappa shape index (κ3) is 2.49. The number of hydrogen-bond acceptors (Lipinski definition) is 4. The van der Waals surface area contributed by atoms with E-state index in [0.29, 0.717) is 0 Å². The van der Waals surface area contributed by atoms with Crippen LogP contribution in [0, 0.1) is 10.1 Å². The number of nitrogens with zero attached hydrogens (tertiary/aromatic N) is 2. The van der Waals surface area contributed by atoms with Gasteiger partial charge >= 0.3 is 12.3 Å². The summed E-state index contributed by atoms with van der Waals surface area (Å²) in [5.74, 6) is -0.462. The molecule has 0 N–H and O–H groups in total. The van der Waals surface area contributed by atoms with Crippen molar-refractivity contribution < 1.29 is 18.4 Å². The predicted molar refractivity (Wildman–Crippen MR) is 42.5 cm³/mol. The number of nitro groups is 1. The minimum Gasteiger partial charge on any atom is -0.417 e. The lowest BCUT2D eigenvalue weighted by Crippen LogP contribution is -2.04. The summed E-state index contributed by atoms with van der Waals surface area (Å²) >= 11 is 5.33. The maximum atomic E-state index is 11.7. The zero-order chi connectivity index (χ0) is 10.7. The van der Waals surface area contributed by atoms with Crippen LogP contribution in [0.1, 0.15) is 0 Å². The molecule has 0 fully saturated rings. The number of ether oxygens (including phenoxy) is 1. The molecule has 0 saturated heterocycles. The van der Waals surface area contributed by atoms with Crippen LogP contribution in [0.4, 0.5) is 14.5 Å². The molecule has 0 spiro atoms.